The van der Waals surface area contributed by atoms with Crippen LogP contribution in [-0.4, -0.2) is 49.5 Å². The Balaban J connectivity index is 0.000000376. The van der Waals surface area contributed by atoms with Crippen LogP contribution in [0.25, 0.3) is 11.4 Å². The Morgan fingerprint density at radius 2 is 1.73 bits per heavy atom. The minimum absolute atomic E-state index is 0.354. The molecule has 2 aliphatic rings. The van der Waals surface area contributed by atoms with E-state index in [1.165, 1.54) is 7.11 Å². The van der Waals surface area contributed by atoms with Crippen molar-refractivity contribution in [2.45, 2.75) is 19.3 Å². The van der Waals surface area contributed by atoms with E-state index in [4.69, 9.17) is 35.8 Å². The number of carbonyl (C=O) groups excluding carboxylic acids is 1. The molecule has 0 atom stereocenters. The molecule has 8 heteroatoms. The molecule has 0 bridgehead atoms. The number of aromatic nitrogens is 2. The zero-order chi connectivity index (χ0) is 23.0. The SMILES string of the molecule is C1COCCO1.COC(=O)c1ccc(Nc2nc(-c3cccc(Cl)c3)nc3c2CCC3)cc1. The summed E-state index contributed by atoms with van der Waals surface area (Å²) in [5.74, 6) is 1.11. The molecule has 0 amide bonds. The number of carbonyl (C=O) groups is 1. The molecule has 0 unspecified atom stereocenters. The van der Waals surface area contributed by atoms with Gasteiger partial charge in [-0.15, -0.1) is 0 Å². The van der Waals surface area contributed by atoms with Gasteiger partial charge in [-0.05, 0) is 55.7 Å². The van der Waals surface area contributed by atoms with Crippen LogP contribution in [-0.2, 0) is 27.1 Å². The summed E-state index contributed by atoms with van der Waals surface area (Å²) in [6.07, 6.45) is 2.97. The lowest BCUT2D eigenvalue weighted by Gasteiger charge is -2.13. The number of hydrogen-bond acceptors (Lipinski definition) is 7. The number of esters is 1. The Hall–Kier alpha value is -3.00. The minimum Gasteiger partial charge on any atom is -0.465 e. The average Bonchev–Trinajstić information content (AvgIpc) is 3.35. The predicted octanol–water partition coefficient (Wildman–Crippen LogP) is 4.85. The first-order valence-corrected chi connectivity index (χ1v) is 11.3. The molecule has 172 valence electrons. The highest BCUT2D eigenvalue weighted by molar-refractivity contribution is 6.30. The molecule has 2 aromatic carbocycles. The molecule has 7 nitrogen and oxygen atoms in total. The summed E-state index contributed by atoms with van der Waals surface area (Å²) in [5.41, 5.74) is 4.48. The Morgan fingerprint density at radius 3 is 2.36 bits per heavy atom. The molecule has 0 spiro atoms. The Labute approximate surface area is 198 Å². The highest BCUT2D eigenvalue weighted by Gasteiger charge is 2.20. The van der Waals surface area contributed by atoms with Crippen molar-refractivity contribution in [3.63, 3.8) is 0 Å². The predicted molar refractivity (Wildman–Crippen MR) is 127 cm³/mol. The molecule has 5 rings (SSSR count). The van der Waals surface area contributed by atoms with Gasteiger partial charge in [0.15, 0.2) is 5.82 Å². The monoisotopic (exact) mass is 467 g/mol. The van der Waals surface area contributed by atoms with Crippen LogP contribution in [0.3, 0.4) is 0 Å². The van der Waals surface area contributed by atoms with Crippen molar-refractivity contribution in [1.29, 1.82) is 0 Å². The van der Waals surface area contributed by atoms with Gasteiger partial charge in [0.1, 0.15) is 5.82 Å². The lowest BCUT2D eigenvalue weighted by atomic mass is 10.1. The van der Waals surface area contributed by atoms with Crippen molar-refractivity contribution in [1.82, 2.24) is 9.97 Å². The fraction of sp³-hybridized carbons (Fsp3) is 0.320. The van der Waals surface area contributed by atoms with Crippen LogP contribution in [0.1, 0.15) is 28.0 Å². The summed E-state index contributed by atoms with van der Waals surface area (Å²) >= 11 is 6.12. The summed E-state index contributed by atoms with van der Waals surface area (Å²) in [6.45, 7) is 3.11. The second kappa shape index (κ2) is 11.2. The van der Waals surface area contributed by atoms with Gasteiger partial charge in [-0.3, -0.25) is 0 Å². The number of fused-ring (bicyclic) bond motifs is 1. The van der Waals surface area contributed by atoms with Crippen LogP contribution in [0.4, 0.5) is 11.5 Å². The van der Waals surface area contributed by atoms with Gasteiger partial charge < -0.3 is 19.5 Å². The molecule has 1 fully saturated rings. The number of aryl methyl sites for hydroxylation is 1. The number of hydrogen-bond donors (Lipinski definition) is 1. The first-order chi connectivity index (χ1) is 16.1. The summed E-state index contributed by atoms with van der Waals surface area (Å²) in [5, 5.41) is 4.03. The number of methoxy groups -OCH3 is 1. The Kier molecular flexibility index (Phi) is 7.88. The van der Waals surface area contributed by atoms with E-state index >= 15 is 0 Å². The number of nitrogens with one attached hydrogen (secondary N) is 1. The summed E-state index contributed by atoms with van der Waals surface area (Å²) in [6, 6.07) is 14.7. The lowest BCUT2D eigenvalue weighted by Crippen LogP contribution is -2.16. The van der Waals surface area contributed by atoms with Crippen LogP contribution >= 0.6 is 11.6 Å². The van der Waals surface area contributed by atoms with E-state index in [-0.39, 0.29) is 5.97 Å². The molecule has 0 saturated carbocycles. The van der Waals surface area contributed by atoms with E-state index in [9.17, 15) is 4.79 Å². The van der Waals surface area contributed by atoms with Crippen LogP contribution in [0, 0.1) is 0 Å². The zero-order valence-corrected chi connectivity index (χ0v) is 19.2. The average molecular weight is 468 g/mol. The van der Waals surface area contributed by atoms with E-state index < -0.39 is 0 Å². The number of ether oxygens (including phenoxy) is 3. The number of anilines is 2. The first-order valence-electron chi connectivity index (χ1n) is 10.9. The minimum atomic E-state index is -0.354. The smallest absolute Gasteiger partial charge is 0.337 e. The van der Waals surface area contributed by atoms with Crippen LogP contribution in [0.15, 0.2) is 48.5 Å². The molecule has 3 aromatic rings. The maximum absolute atomic E-state index is 11.6. The number of halogens is 1. The fourth-order valence-electron chi connectivity index (χ4n) is 3.68. The molecule has 1 saturated heterocycles. The summed E-state index contributed by atoms with van der Waals surface area (Å²) < 4.78 is 14.6. The third kappa shape index (κ3) is 6.07. The van der Waals surface area contributed by atoms with Crippen molar-refractivity contribution in [3.05, 3.63) is 70.4 Å². The quantitative estimate of drug-likeness (QED) is 0.549. The van der Waals surface area contributed by atoms with Crippen LogP contribution in [0.2, 0.25) is 5.02 Å². The van der Waals surface area contributed by atoms with E-state index in [1.807, 2.05) is 36.4 Å². The topological polar surface area (TPSA) is 82.6 Å². The van der Waals surface area contributed by atoms with Gasteiger partial charge in [-0.1, -0.05) is 23.7 Å². The van der Waals surface area contributed by atoms with Gasteiger partial charge in [-0.25, -0.2) is 14.8 Å². The first kappa shape index (κ1) is 23.2. The molecule has 33 heavy (non-hydrogen) atoms. The Bertz CT molecular complexity index is 1090. The lowest BCUT2D eigenvalue weighted by molar-refractivity contribution is -0.0334. The third-order valence-corrected chi connectivity index (χ3v) is 5.56. The molecule has 1 aliphatic heterocycles. The maximum Gasteiger partial charge on any atom is 0.337 e. The van der Waals surface area contributed by atoms with E-state index in [1.54, 1.807) is 12.1 Å². The third-order valence-electron chi connectivity index (χ3n) is 5.33. The number of benzene rings is 2. The maximum atomic E-state index is 11.6. The largest absolute Gasteiger partial charge is 0.465 e. The molecule has 1 N–H and O–H groups in total. The van der Waals surface area contributed by atoms with Crippen molar-refractivity contribution >= 4 is 29.1 Å². The van der Waals surface area contributed by atoms with Gasteiger partial charge in [0.05, 0.1) is 39.1 Å². The van der Waals surface area contributed by atoms with Gasteiger partial charge in [0.2, 0.25) is 0 Å². The van der Waals surface area contributed by atoms with Gasteiger partial charge in [0, 0.05) is 27.5 Å². The van der Waals surface area contributed by atoms with Crippen molar-refractivity contribution in [2.24, 2.45) is 0 Å². The van der Waals surface area contributed by atoms with Crippen molar-refractivity contribution in [3.8, 4) is 11.4 Å². The molecular formula is C25H26ClN3O4. The second-order valence-corrected chi connectivity index (χ2v) is 8.04. The highest BCUT2D eigenvalue weighted by Crippen LogP contribution is 2.31. The number of rotatable bonds is 4. The van der Waals surface area contributed by atoms with Gasteiger partial charge in [-0.2, -0.15) is 0 Å². The van der Waals surface area contributed by atoms with Crippen LogP contribution < -0.4 is 5.32 Å². The summed E-state index contributed by atoms with van der Waals surface area (Å²) in [4.78, 5) is 21.1. The molecular weight excluding hydrogens is 442 g/mol. The highest BCUT2D eigenvalue weighted by atomic mass is 35.5. The molecule has 1 aliphatic carbocycles. The van der Waals surface area contributed by atoms with Gasteiger partial charge in [0.25, 0.3) is 0 Å². The Morgan fingerprint density at radius 1 is 1.00 bits per heavy atom. The summed E-state index contributed by atoms with van der Waals surface area (Å²) in [7, 11) is 1.37. The van der Waals surface area contributed by atoms with E-state index in [2.05, 4.69) is 5.32 Å². The van der Waals surface area contributed by atoms with Crippen LogP contribution in [0.5, 0.6) is 0 Å². The normalized spacial score (nSPS) is 14.6. The fourth-order valence-corrected chi connectivity index (χ4v) is 3.87. The second-order valence-electron chi connectivity index (χ2n) is 7.60. The molecule has 1 aromatic heterocycles. The van der Waals surface area contributed by atoms with E-state index in [0.717, 1.165) is 74.0 Å². The van der Waals surface area contributed by atoms with E-state index in [0.29, 0.717) is 16.4 Å². The molecule has 0 radical (unpaired) electrons. The van der Waals surface area contributed by atoms with Crippen molar-refractivity contribution < 1.29 is 19.0 Å². The number of nitrogens with zero attached hydrogens (tertiary/aromatic N) is 2. The van der Waals surface area contributed by atoms with Gasteiger partial charge >= 0.3 is 5.97 Å². The zero-order valence-electron chi connectivity index (χ0n) is 18.5. The standard InChI is InChI=1S/C21H18ClN3O2.C4H8O2/c1-27-21(26)13-8-10-16(11-9-13)23-20-17-6-3-7-18(17)24-19(25-20)14-4-2-5-15(22)12-14;1-2-6-4-3-5-1/h2,4-5,8-12H,3,6-7H2,1H3,(H,23,24,25);1-4H2. The molecule has 2 heterocycles. The van der Waals surface area contributed by atoms with Crippen molar-refractivity contribution in [2.75, 3.05) is 38.9 Å².